The van der Waals surface area contributed by atoms with E-state index >= 15 is 0 Å². The van der Waals surface area contributed by atoms with Crippen LogP contribution < -0.4 is 0 Å². The second-order valence-electron chi connectivity index (χ2n) is 2.28. The fourth-order valence-corrected chi connectivity index (χ4v) is 2.27. The summed E-state index contributed by atoms with van der Waals surface area (Å²) in [5.41, 5.74) is -0.242. The zero-order valence-corrected chi connectivity index (χ0v) is 9.54. The molecule has 0 atom stereocenters. The van der Waals surface area contributed by atoms with Crippen molar-refractivity contribution in [2.75, 3.05) is 0 Å². The average molecular weight is 271 g/mol. The maximum atomic E-state index is 11.0. The van der Waals surface area contributed by atoms with E-state index in [1.165, 1.54) is 6.07 Å². The smallest absolute Gasteiger partial charge is 0.207 e. The minimum Gasteiger partial charge on any atom is -0.207 e. The number of rotatable bonds is 1. The Labute approximate surface area is 95.2 Å². The first kappa shape index (κ1) is 11.6. The van der Waals surface area contributed by atoms with Crippen LogP contribution in [-0.4, -0.2) is 8.42 Å². The third-order valence-corrected chi connectivity index (χ3v) is 3.60. The SMILES string of the molecule is N#Cc1c(S(=O)(=O)Cl)ccc(Cl)c1Cl. The quantitative estimate of drug-likeness (QED) is 0.737. The molecule has 0 aliphatic rings. The van der Waals surface area contributed by atoms with E-state index in [4.69, 9.17) is 39.1 Å². The fourth-order valence-electron chi connectivity index (χ4n) is 0.840. The van der Waals surface area contributed by atoms with Gasteiger partial charge in [0, 0.05) is 10.7 Å². The van der Waals surface area contributed by atoms with Gasteiger partial charge in [0.15, 0.2) is 0 Å². The summed E-state index contributed by atoms with van der Waals surface area (Å²) >= 11 is 11.2. The van der Waals surface area contributed by atoms with E-state index in [-0.39, 0.29) is 20.5 Å². The van der Waals surface area contributed by atoms with E-state index < -0.39 is 9.05 Å². The fraction of sp³-hybridized carbons (Fsp3) is 0. The van der Waals surface area contributed by atoms with Gasteiger partial charge in [-0.1, -0.05) is 23.2 Å². The molecule has 0 bridgehead atoms. The predicted molar refractivity (Wildman–Crippen MR) is 54.2 cm³/mol. The number of benzene rings is 1. The Kier molecular flexibility index (Phi) is 3.28. The van der Waals surface area contributed by atoms with Crippen LogP contribution in [0.25, 0.3) is 0 Å². The molecule has 0 aromatic heterocycles. The van der Waals surface area contributed by atoms with Crippen molar-refractivity contribution < 1.29 is 8.42 Å². The number of hydrogen-bond acceptors (Lipinski definition) is 3. The first-order valence-corrected chi connectivity index (χ1v) is 6.27. The molecule has 1 aromatic carbocycles. The molecular weight excluding hydrogens is 269 g/mol. The third-order valence-electron chi connectivity index (χ3n) is 1.43. The van der Waals surface area contributed by atoms with Gasteiger partial charge in [-0.25, -0.2) is 8.42 Å². The van der Waals surface area contributed by atoms with Crippen LogP contribution in [0.3, 0.4) is 0 Å². The molecule has 0 heterocycles. The molecule has 0 amide bonds. The maximum Gasteiger partial charge on any atom is 0.262 e. The van der Waals surface area contributed by atoms with Crippen LogP contribution in [0.5, 0.6) is 0 Å². The molecule has 0 radical (unpaired) electrons. The van der Waals surface area contributed by atoms with Crippen LogP contribution in [0, 0.1) is 11.3 Å². The summed E-state index contributed by atoms with van der Waals surface area (Å²) in [7, 11) is 1.11. The van der Waals surface area contributed by atoms with Gasteiger partial charge >= 0.3 is 0 Å². The lowest BCUT2D eigenvalue weighted by Gasteiger charge is -2.02. The molecular formula is C7H2Cl3NO2S. The minimum absolute atomic E-state index is 0.104. The molecule has 0 fully saturated rings. The largest absolute Gasteiger partial charge is 0.262 e. The molecule has 0 aliphatic carbocycles. The molecule has 0 N–H and O–H groups in total. The Morgan fingerprint density at radius 2 is 1.86 bits per heavy atom. The van der Waals surface area contributed by atoms with Crippen molar-refractivity contribution in [3.05, 3.63) is 27.7 Å². The van der Waals surface area contributed by atoms with Crippen molar-refractivity contribution in [3.8, 4) is 6.07 Å². The van der Waals surface area contributed by atoms with Gasteiger partial charge in [0.2, 0.25) is 0 Å². The minimum atomic E-state index is -3.98. The van der Waals surface area contributed by atoms with E-state index in [0.29, 0.717) is 0 Å². The standard InChI is InChI=1S/C7H2Cl3NO2S/c8-5-1-2-6(14(10,12)13)4(3-11)7(5)9/h1-2H. The molecule has 3 nitrogen and oxygen atoms in total. The summed E-state index contributed by atoms with van der Waals surface area (Å²) in [5.74, 6) is 0. The van der Waals surface area contributed by atoms with Crippen LogP contribution >= 0.6 is 33.9 Å². The number of nitriles is 1. The molecule has 7 heteroatoms. The molecule has 1 rings (SSSR count). The van der Waals surface area contributed by atoms with Gasteiger partial charge in [-0.05, 0) is 12.1 Å². The number of hydrogen-bond donors (Lipinski definition) is 0. The Bertz CT molecular complexity index is 518. The van der Waals surface area contributed by atoms with E-state index in [9.17, 15) is 8.42 Å². The zero-order chi connectivity index (χ0) is 10.9. The average Bonchev–Trinajstić information content (AvgIpc) is 2.07. The lowest BCUT2D eigenvalue weighted by Crippen LogP contribution is -1.96. The van der Waals surface area contributed by atoms with Crippen molar-refractivity contribution >= 4 is 42.9 Å². The van der Waals surface area contributed by atoms with Crippen LogP contribution in [0.4, 0.5) is 0 Å². The molecule has 74 valence electrons. The predicted octanol–water partition coefficient (Wildman–Crippen LogP) is 2.79. The summed E-state index contributed by atoms with van der Waals surface area (Å²) in [4.78, 5) is -0.337. The Morgan fingerprint density at radius 1 is 1.29 bits per heavy atom. The second-order valence-corrected chi connectivity index (χ2v) is 5.60. The van der Waals surface area contributed by atoms with E-state index in [1.807, 2.05) is 0 Å². The van der Waals surface area contributed by atoms with Gasteiger partial charge in [-0.2, -0.15) is 5.26 Å². The van der Waals surface area contributed by atoms with Crippen LogP contribution in [0.15, 0.2) is 17.0 Å². The summed E-state index contributed by atoms with van der Waals surface area (Å²) in [6.45, 7) is 0. The lowest BCUT2D eigenvalue weighted by atomic mass is 10.2. The van der Waals surface area contributed by atoms with Gasteiger partial charge in [0.05, 0.1) is 15.6 Å². The van der Waals surface area contributed by atoms with Crippen LogP contribution in [0.2, 0.25) is 10.0 Å². The summed E-state index contributed by atoms with van der Waals surface area (Å²) in [5, 5.41) is 8.66. The highest BCUT2D eigenvalue weighted by Gasteiger charge is 2.19. The van der Waals surface area contributed by atoms with Crippen LogP contribution in [0.1, 0.15) is 5.56 Å². The first-order valence-electron chi connectivity index (χ1n) is 3.20. The lowest BCUT2D eigenvalue weighted by molar-refractivity contribution is 0.609. The van der Waals surface area contributed by atoms with E-state index in [2.05, 4.69) is 0 Å². The summed E-state index contributed by atoms with van der Waals surface area (Å²) in [6.07, 6.45) is 0. The van der Waals surface area contributed by atoms with E-state index in [0.717, 1.165) is 6.07 Å². The highest BCUT2D eigenvalue weighted by Crippen LogP contribution is 2.31. The monoisotopic (exact) mass is 269 g/mol. The third kappa shape index (κ3) is 2.12. The Morgan fingerprint density at radius 3 is 2.29 bits per heavy atom. The molecule has 14 heavy (non-hydrogen) atoms. The number of halogens is 3. The van der Waals surface area contributed by atoms with Crippen molar-refractivity contribution in [2.24, 2.45) is 0 Å². The van der Waals surface area contributed by atoms with Gasteiger partial charge in [-0.3, -0.25) is 0 Å². The molecule has 0 aliphatic heterocycles. The van der Waals surface area contributed by atoms with Gasteiger partial charge in [-0.15, -0.1) is 0 Å². The zero-order valence-electron chi connectivity index (χ0n) is 6.46. The molecule has 0 saturated carbocycles. The molecule has 0 saturated heterocycles. The first-order chi connectivity index (χ1) is 6.38. The van der Waals surface area contributed by atoms with Gasteiger partial charge in [0.1, 0.15) is 11.0 Å². The topological polar surface area (TPSA) is 57.9 Å². The van der Waals surface area contributed by atoms with Gasteiger partial charge < -0.3 is 0 Å². The summed E-state index contributed by atoms with van der Waals surface area (Å²) < 4.78 is 22.0. The van der Waals surface area contributed by atoms with Crippen molar-refractivity contribution in [2.45, 2.75) is 4.90 Å². The van der Waals surface area contributed by atoms with Crippen LogP contribution in [-0.2, 0) is 9.05 Å². The highest BCUT2D eigenvalue weighted by atomic mass is 35.7. The van der Waals surface area contributed by atoms with Crippen molar-refractivity contribution in [1.82, 2.24) is 0 Å². The van der Waals surface area contributed by atoms with Gasteiger partial charge in [0.25, 0.3) is 9.05 Å². The normalized spacial score (nSPS) is 11.0. The summed E-state index contributed by atoms with van der Waals surface area (Å²) in [6, 6.07) is 4.03. The molecule has 1 aromatic rings. The van der Waals surface area contributed by atoms with E-state index in [1.54, 1.807) is 6.07 Å². The van der Waals surface area contributed by atoms with Crippen molar-refractivity contribution in [1.29, 1.82) is 5.26 Å². The Balaban J connectivity index is 3.66. The molecule has 0 spiro atoms. The Hall–Kier alpha value is -0.470. The highest BCUT2D eigenvalue weighted by molar-refractivity contribution is 8.13. The van der Waals surface area contributed by atoms with Crippen molar-refractivity contribution in [3.63, 3.8) is 0 Å². The molecule has 0 unspecified atom stereocenters. The maximum absolute atomic E-state index is 11.0. The second kappa shape index (κ2) is 3.95. The number of nitrogens with zero attached hydrogens (tertiary/aromatic N) is 1.